The van der Waals surface area contributed by atoms with Crippen LogP contribution in [0.3, 0.4) is 0 Å². The number of aliphatic carboxylic acids is 1. The van der Waals surface area contributed by atoms with Crippen molar-refractivity contribution in [2.75, 3.05) is 5.32 Å². The second-order valence-electron chi connectivity index (χ2n) is 5.75. The summed E-state index contributed by atoms with van der Waals surface area (Å²) in [5.41, 5.74) is 0.963. The van der Waals surface area contributed by atoms with Crippen LogP contribution in [0.5, 0.6) is 5.75 Å². The predicted octanol–water partition coefficient (Wildman–Crippen LogP) is 5.08. The molecule has 0 aliphatic carbocycles. The molecular formula is C19H18Cl2FNO4. The number of anilines is 1. The molecule has 0 saturated carbocycles. The van der Waals surface area contributed by atoms with E-state index < -0.39 is 11.8 Å². The minimum absolute atomic E-state index is 0.0473. The molecule has 144 valence electrons. The highest BCUT2D eigenvalue weighted by molar-refractivity contribution is 6.37. The smallest absolute Gasteiger partial charge is 0.303 e. The zero-order chi connectivity index (χ0) is 20.0. The van der Waals surface area contributed by atoms with E-state index in [1.54, 1.807) is 25.1 Å². The Morgan fingerprint density at radius 3 is 2.48 bits per heavy atom. The van der Waals surface area contributed by atoms with Crippen molar-refractivity contribution in [2.24, 2.45) is 0 Å². The lowest BCUT2D eigenvalue weighted by molar-refractivity contribution is -0.137. The van der Waals surface area contributed by atoms with Gasteiger partial charge < -0.3 is 15.2 Å². The number of ether oxygens (including phenoxy) is 1. The Morgan fingerprint density at radius 2 is 1.89 bits per heavy atom. The van der Waals surface area contributed by atoms with E-state index in [1.165, 1.54) is 12.1 Å². The Hall–Kier alpha value is -2.31. The van der Waals surface area contributed by atoms with E-state index in [0.717, 1.165) is 0 Å². The van der Waals surface area contributed by atoms with Crippen molar-refractivity contribution in [1.29, 1.82) is 0 Å². The number of hydrogen-bond donors (Lipinski definition) is 2. The Morgan fingerprint density at radius 1 is 1.22 bits per heavy atom. The average Bonchev–Trinajstić information content (AvgIpc) is 2.61. The molecule has 5 nitrogen and oxygen atoms in total. The molecule has 0 aromatic heterocycles. The van der Waals surface area contributed by atoms with Gasteiger partial charge in [-0.3, -0.25) is 9.59 Å². The van der Waals surface area contributed by atoms with Crippen molar-refractivity contribution >= 4 is 40.8 Å². The van der Waals surface area contributed by atoms with E-state index in [0.29, 0.717) is 5.56 Å². The van der Waals surface area contributed by atoms with E-state index in [2.05, 4.69) is 5.32 Å². The Labute approximate surface area is 166 Å². The molecule has 2 aromatic carbocycles. The number of carbonyl (C=O) groups excluding carboxylic acids is 1. The van der Waals surface area contributed by atoms with Crippen LogP contribution in [0.15, 0.2) is 30.3 Å². The lowest BCUT2D eigenvalue weighted by Gasteiger charge is -2.13. The zero-order valence-electron chi connectivity index (χ0n) is 14.5. The SMILES string of the molecule is CCC(=O)Nc1cccc(COc2c(Cl)cc(CCC(=O)O)cc2Cl)c1F. The van der Waals surface area contributed by atoms with Gasteiger partial charge in [-0.05, 0) is 30.2 Å². The van der Waals surface area contributed by atoms with Crippen LogP contribution in [0.25, 0.3) is 0 Å². The van der Waals surface area contributed by atoms with Gasteiger partial charge in [-0.25, -0.2) is 4.39 Å². The first-order valence-corrected chi connectivity index (χ1v) is 8.97. The summed E-state index contributed by atoms with van der Waals surface area (Å²) in [4.78, 5) is 22.1. The Balaban J connectivity index is 2.13. The van der Waals surface area contributed by atoms with Crippen LogP contribution in [0, 0.1) is 5.82 Å². The van der Waals surface area contributed by atoms with Gasteiger partial charge in [0.05, 0.1) is 15.7 Å². The summed E-state index contributed by atoms with van der Waals surface area (Å²) in [6, 6.07) is 7.73. The number of halogens is 3. The highest BCUT2D eigenvalue weighted by atomic mass is 35.5. The summed E-state index contributed by atoms with van der Waals surface area (Å²) < 4.78 is 20.1. The minimum atomic E-state index is -0.923. The van der Waals surface area contributed by atoms with Crippen LogP contribution in [0.2, 0.25) is 10.0 Å². The largest absolute Gasteiger partial charge is 0.486 e. The average molecular weight is 414 g/mol. The van der Waals surface area contributed by atoms with Gasteiger partial charge in [0.1, 0.15) is 6.61 Å². The van der Waals surface area contributed by atoms with Crippen LogP contribution in [-0.2, 0) is 22.6 Å². The monoisotopic (exact) mass is 413 g/mol. The molecule has 0 fully saturated rings. The number of nitrogens with one attached hydrogen (secondary N) is 1. The topological polar surface area (TPSA) is 75.6 Å². The first-order valence-electron chi connectivity index (χ1n) is 8.21. The fourth-order valence-electron chi connectivity index (χ4n) is 2.32. The van der Waals surface area contributed by atoms with Gasteiger partial charge in [-0.1, -0.05) is 42.3 Å². The summed E-state index contributed by atoms with van der Waals surface area (Å²) in [7, 11) is 0. The number of benzene rings is 2. The van der Waals surface area contributed by atoms with Gasteiger partial charge in [-0.2, -0.15) is 0 Å². The number of carboxylic acid groups (broad SMARTS) is 1. The number of hydrogen-bond acceptors (Lipinski definition) is 3. The lowest BCUT2D eigenvalue weighted by atomic mass is 10.1. The maximum atomic E-state index is 14.5. The van der Waals surface area contributed by atoms with E-state index in [9.17, 15) is 14.0 Å². The normalized spacial score (nSPS) is 10.5. The fourth-order valence-corrected chi connectivity index (χ4v) is 2.96. The highest BCUT2D eigenvalue weighted by Gasteiger charge is 2.14. The van der Waals surface area contributed by atoms with Gasteiger partial charge in [-0.15, -0.1) is 0 Å². The molecule has 0 heterocycles. The fraction of sp³-hybridized carbons (Fsp3) is 0.263. The van der Waals surface area contributed by atoms with Crippen molar-refractivity contribution in [1.82, 2.24) is 0 Å². The predicted molar refractivity (Wildman–Crippen MR) is 102 cm³/mol. The molecule has 2 N–H and O–H groups in total. The molecule has 0 saturated heterocycles. The number of rotatable bonds is 8. The lowest BCUT2D eigenvalue weighted by Crippen LogP contribution is -2.12. The first kappa shape index (κ1) is 21.0. The number of carboxylic acids is 1. The maximum absolute atomic E-state index is 14.5. The summed E-state index contributed by atoms with van der Waals surface area (Å²) in [6.45, 7) is 1.53. The van der Waals surface area contributed by atoms with Gasteiger partial charge in [0.2, 0.25) is 5.91 Å². The van der Waals surface area contributed by atoms with Gasteiger partial charge in [0.15, 0.2) is 11.6 Å². The quantitative estimate of drug-likeness (QED) is 0.632. The number of amides is 1. The summed E-state index contributed by atoms with van der Waals surface area (Å²) in [5, 5.41) is 11.6. The van der Waals surface area contributed by atoms with Crippen LogP contribution >= 0.6 is 23.2 Å². The van der Waals surface area contributed by atoms with Crippen molar-refractivity contribution in [3.63, 3.8) is 0 Å². The molecule has 0 bridgehead atoms. The molecule has 2 aromatic rings. The summed E-state index contributed by atoms with van der Waals surface area (Å²) in [5.74, 6) is -1.63. The van der Waals surface area contributed by atoms with Crippen LogP contribution in [0.1, 0.15) is 30.9 Å². The third kappa shape index (κ3) is 5.84. The molecule has 0 unspecified atom stereocenters. The maximum Gasteiger partial charge on any atom is 0.303 e. The summed E-state index contributed by atoms with van der Waals surface area (Å²) >= 11 is 12.3. The van der Waals surface area contributed by atoms with Crippen molar-refractivity contribution in [3.05, 3.63) is 57.3 Å². The first-order chi connectivity index (χ1) is 12.8. The van der Waals surface area contributed by atoms with Gasteiger partial charge in [0.25, 0.3) is 0 Å². The van der Waals surface area contributed by atoms with Gasteiger partial charge in [0, 0.05) is 18.4 Å². The van der Waals surface area contributed by atoms with E-state index in [1.807, 2.05) is 0 Å². The highest BCUT2D eigenvalue weighted by Crippen LogP contribution is 2.35. The molecular weight excluding hydrogens is 396 g/mol. The van der Waals surface area contributed by atoms with E-state index in [4.69, 9.17) is 33.0 Å². The van der Waals surface area contributed by atoms with Crippen LogP contribution in [0.4, 0.5) is 10.1 Å². The number of aryl methyl sites for hydroxylation is 1. The molecule has 0 spiro atoms. The van der Waals surface area contributed by atoms with Crippen molar-refractivity contribution in [3.8, 4) is 5.75 Å². The third-order valence-corrected chi connectivity index (χ3v) is 4.29. The molecule has 2 rings (SSSR count). The zero-order valence-corrected chi connectivity index (χ0v) is 16.0. The second kappa shape index (κ2) is 9.58. The van der Waals surface area contributed by atoms with Gasteiger partial charge >= 0.3 is 5.97 Å². The van der Waals surface area contributed by atoms with E-state index in [-0.39, 0.29) is 58.8 Å². The molecule has 0 radical (unpaired) electrons. The molecule has 0 atom stereocenters. The molecule has 8 heteroatoms. The second-order valence-corrected chi connectivity index (χ2v) is 6.57. The van der Waals surface area contributed by atoms with Crippen LogP contribution in [-0.4, -0.2) is 17.0 Å². The molecule has 1 amide bonds. The Kier molecular flexibility index (Phi) is 7.45. The van der Waals surface area contributed by atoms with Crippen LogP contribution < -0.4 is 10.1 Å². The summed E-state index contributed by atoms with van der Waals surface area (Å²) in [6.07, 6.45) is 0.469. The molecule has 0 aliphatic rings. The van der Waals surface area contributed by atoms with E-state index >= 15 is 0 Å². The van der Waals surface area contributed by atoms with Crippen molar-refractivity contribution < 1.29 is 23.8 Å². The van der Waals surface area contributed by atoms with Crippen molar-refractivity contribution in [2.45, 2.75) is 32.8 Å². The molecule has 27 heavy (non-hydrogen) atoms. The Bertz CT molecular complexity index is 835. The standard InChI is InChI=1S/C19H18Cl2FNO4/c1-2-16(24)23-15-5-3-4-12(18(15)22)10-27-19-13(20)8-11(9-14(19)21)6-7-17(25)26/h3-5,8-9H,2,6-7,10H2,1H3,(H,23,24)(H,25,26). The third-order valence-electron chi connectivity index (χ3n) is 3.73. The minimum Gasteiger partial charge on any atom is -0.486 e. The molecule has 0 aliphatic heterocycles. The number of carbonyl (C=O) groups is 2.